The minimum Gasteiger partial charge on any atom is -0.464 e. The highest BCUT2D eigenvalue weighted by Gasteiger charge is 2.16. The number of halogens is 1. The van der Waals surface area contributed by atoms with Crippen molar-refractivity contribution in [2.75, 3.05) is 7.11 Å². The molecule has 2 aromatic rings. The number of ether oxygens (including phenoxy) is 1. The van der Waals surface area contributed by atoms with Crippen LogP contribution in [-0.2, 0) is 4.74 Å². The van der Waals surface area contributed by atoms with Gasteiger partial charge in [0.25, 0.3) is 0 Å². The van der Waals surface area contributed by atoms with E-state index in [1.54, 1.807) is 0 Å². The molecule has 2 rings (SSSR count). The van der Waals surface area contributed by atoms with E-state index in [1.165, 1.54) is 7.11 Å². The summed E-state index contributed by atoms with van der Waals surface area (Å²) in [5.74, 6) is -0.389. The molecule has 6 heteroatoms. The molecule has 4 nitrogen and oxygen atoms in total. The molecule has 0 aliphatic heterocycles. The second-order valence-electron chi connectivity index (χ2n) is 2.85. The molecule has 0 N–H and O–H groups in total. The van der Waals surface area contributed by atoms with Crippen molar-refractivity contribution in [2.24, 2.45) is 0 Å². The van der Waals surface area contributed by atoms with Gasteiger partial charge in [-0.25, -0.2) is 9.25 Å². The van der Waals surface area contributed by atoms with Crippen LogP contribution in [0.25, 0.3) is 10.9 Å². The molecular weight excluding hydrogens is 326 g/mol. The second-order valence-corrected chi connectivity index (χ2v) is 4.89. The van der Waals surface area contributed by atoms with Gasteiger partial charge in [0.2, 0.25) is 0 Å². The van der Waals surface area contributed by atoms with E-state index in [0.29, 0.717) is 12.1 Å². The van der Waals surface area contributed by atoms with E-state index in [2.05, 4.69) is 31.9 Å². The maximum absolute atomic E-state index is 11.5. The Morgan fingerprint density at radius 1 is 1.53 bits per heavy atom. The van der Waals surface area contributed by atoms with E-state index in [9.17, 15) is 4.79 Å². The number of benzene rings is 1. The van der Waals surface area contributed by atoms with E-state index in [4.69, 9.17) is 0 Å². The lowest BCUT2D eigenvalue weighted by molar-refractivity contribution is 0.0596. The van der Waals surface area contributed by atoms with Gasteiger partial charge < -0.3 is 4.74 Å². The van der Waals surface area contributed by atoms with Crippen LogP contribution < -0.4 is 0 Å². The van der Waals surface area contributed by atoms with Gasteiger partial charge >= 0.3 is 5.97 Å². The summed E-state index contributed by atoms with van der Waals surface area (Å²) in [6.45, 7) is 0. The summed E-state index contributed by atoms with van der Waals surface area (Å²) < 4.78 is 6.50. The number of hydrogen-bond donors (Lipinski definition) is 0. The Kier molecular flexibility index (Phi) is 3.21. The quantitative estimate of drug-likeness (QED) is 0.482. The molecule has 0 aliphatic rings. The van der Waals surface area contributed by atoms with Crippen molar-refractivity contribution in [3.8, 4) is 0 Å². The first-order valence-electron chi connectivity index (χ1n) is 4.20. The van der Waals surface area contributed by atoms with Crippen LogP contribution in [0.2, 0.25) is 0 Å². The molecule has 0 aliphatic carbocycles. The third-order valence-corrected chi connectivity index (χ3v) is 3.92. The first-order valence-corrected chi connectivity index (χ1v) is 8.27. The average Bonchev–Trinajstić information content (AvgIpc) is 2.67. The predicted octanol–water partition coefficient (Wildman–Crippen LogP) is 2.61. The topological polar surface area (TPSA) is 44.1 Å². The number of fused-ring (bicyclic) bond motifs is 1. The Labute approximate surface area is 101 Å². The van der Waals surface area contributed by atoms with Gasteiger partial charge in [0.15, 0.2) is 5.69 Å². The SMILES string of the molecule is COC(=O)c1nn(PI)c2ccccc12. The second kappa shape index (κ2) is 4.45. The maximum atomic E-state index is 11.5. The van der Waals surface area contributed by atoms with E-state index < -0.39 is 0 Å². The van der Waals surface area contributed by atoms with Crippen LogP contribution in [0.3, 0.4) is 0 Å². The Balaban J connectivity index is 2.70. The molecular formula is C9H8IN2O2P. The smallest absolute Gasteiger partial charge is 0.359 e. The number of esters is 1. The van der Waals surface area contributed by atoms with Crippen molar-refractivity contribution in [2.45, 2.75) is 0 Å². The van der Waals surface area contributed by atoms with Crippen LogP contribution in [0, 0.1) is 0 Å². The molecule has 0 amide bonds. The fourth-order valence-corrected chi connectivity index (χ4v) is 2.91. The third-order valence-electron chi connectivity index (χ3n) is 2.05. The molecule has 1 unspecified atom stereocenters. The van der Waals surface area contributed by atoms with Crippen molar-refractivity contribution in [3.63, 3.8) is 0 Å². The summed E-state index contributed by atoms with van der Waals surface area (Å²) in [5.41, 5.74) is 1.35. The van der Waals surface area contributed by atoms with E-state index in [1.807, 2.05) is 28.7 Å². The number of carbonyl (C=O) groups is 1. The zero-order chi connectivity index (χ0) is 10.8. The molecule has 1 heterocycles. The van der Waals surface area contributed by atoms with E-state index in [0.717, 1.165) is 10.9 Å². The Bertz CT molecular complexity index is 512. The summed E-state index contributed by atoms with van der Waals surface area (Å²) in [6.07, 6.45) is 0.467. The lowest BCUT2D eigenvalue weighted by Crippen LogP contribution is -2.02. The van der Waals surface area contributed by atoms with Crippen molar-refractivity contribution in [3.05, 3.63) is 30.0 Å². The standard InChI is InChI=1S/C9H8IN2O2P/c1-14-9(13)8-6-4-2-3-5-7(6)12(11-8)15-10/h2-5,15H,1H3. The molecule has 0 radical (unpaired) electrons. The molecule has 0 spiro atoms. The first kappa shape index (κ1) is 10.8. The molecule has 15 heavy (non-hydrogen) atoms. The van der Waals surface area contributed by atoms with E-state index >= 15 is 0 Å². The zero-order valence-electron chi connectivity index (χ0n) is 7.90. The van der Waals surface area contributed by atoms with Crippen LogP contribution in [0.5, 0.6) is 0 Å². The van der Waals surface area contributed by atoms with Crippen LogP contribution >= 0.6 is 28.4 Å². The Morgan fingerprint density at radius 2 is 2.27 bits per heavy atom. The van der Waals surface area contributed by atoms with Crippen LogP contribution in [0.4, 0.5) is 0 Å². The van der Waals surface area contributed by atoms with Gasteiger partial charge in [-0.2, -0.15) is 5.10 Å². The maximum Gasteiger partial charge on any atom is 0.359 e. The normalized spacial score (nSPS) is 11.3. The van der Waals surface area contributed by atoms with Crippen molar-refractivity contribution >= 4 is 45.3 Å². The van der Waals surface area contributed by atoms with Crippen LogP contribution in [-0.4, -0.2) is 22.6 Å². The third kappa shape index (κ3) is 1.86. The Hall–Kier alpha value is -0.680. The zero-order valence-corrected chi connectivity index (χ0v) is 11.1. The number of aromatic nitrogens is 2. The minimum absolute atomic E-state index is 0.386. The number of rotatable bonds is 2. The Morgan fingerprint density at radius 3 is 2.93 bits per heavy atom. The highest BCUT2D eigenvalue weighted by Crippen LogP contribution is 2.30. The predicted molar refractivity (Wildman–Crippen MR) is 68.8 cm³/mol. The van der Waals surface area contributed by atoms with Crippen molar-refractivity contribution in [1.29, 1.82) is 0 Å². The van der Waals surface area contributed by atoms with Crippen molar-refractivity contribution < 1.29 is 9.53 Å². The van der Waals surface area contributed by atoms with Gasteiger partial charge in [-0.1, -0.05) is 18.2 Å². The highest BCUT2D eigenvalue weighted by atomic mass is 127. The summed E-state index contributed by atoms with van der Waals surface area (Å²) in [4.78, 5) is 11.5. The summed E-state index contributed by atoms with van der Waals surface area (Å²) in [6, 6.07) is 7.64. The number of para-hydroxylation sites is 1. The minimum atomic E-state index is -0.389. The largest absolute Gasteiger partial charge is 0.464 e. The van der Waals surface area contributed by atoms with E-state index in [-0.39, 0.29) is 5.97 Å². The number of nitrogens with zero attached hydrogens (tertiary/aromatic N) is 2. The first-order chi connectivity index (χ1) is 7.27. The molecule has 1 aromatic heterocycles. The molecule has 0 bridgehead atoms. The lowest BCUT2D eigenvalue weighted by Gasteiger charge is -1.93. The molecule has 0 saturated carbocycles. The fraction of sp³-hybridized carbons (Fsp3) is 0.111. The average molecular weight is 334 g/mol. The van der Waals surface area contributed by atoms with Gasteiger partial charge in [-0.05, 0) is 28.1 Å². The summed E-state index contributed by atoms with van der Waals surface area (Å²) in [7, 11) is 1.36. The highest BCUT2D eigenvalue weighted by molar-refractivity contribution is 14.2. The summed E-state index contributed by atoms with van der Waals surface area (Å²) in [5, 5.41) is 5.07. The molecule has 1 aromatic carbocycles. The van der Waals surface area contributed by atoms with Gasteiger partial charge in [0.05, 0.1) is 19.0 Å². The molecule has 0 saturated heterocycles. The van der Waals surface area contributed by atoms with Crippen molar-refractivity contribution in [1.82, 2.24) is 9.55 Å². The fourth-order valence-electron chi connectivity index (χ4n) is 1.38. The summed E-state index contributed by atoms with van der Waals surface area (Å²) >= 11 is 2.23. The molecule has 1 atom stereocenters. The molecule has 78 valence electrons. The van der Waals surface area contributed by atoms with Gasteiger partial charge in [-0.15, -0.1) is 0 Å². The number of methoxy groups -OCH3 is 1. The van der Waals surface area contributed by atoms with Gasteiger partial charge in [0.1, 0.15) is 0 Å². The van der Waals surface area contributed by atoms with Gasteiger partial charge in [-0.3, -0.25) is 0 Å². The number of hydrogen-bond acceptors (Lipinski definition) is 3. The van der Waals surface area contributed by atoms with Crippen LogP contribution in [0.15, 0.2) is 24.3 Å². The van der Waals surface area contributed by atoms with Crippen LogP contribution in [0.1, 0.15) is 10.5 Å². The lowest BCUT2D eigenvalue weighted by atomic mass is 10.2. The van der Waals surface area contributed by atoms with Gasteiger partial charge in [0, 0.05) is 5.39 Å². The number of carbonyl (C=O) groups excluding carboxylic acids is 1. The molecule has 0 fully saturated rings. The monoisotopic (exact) mass is 334 g/mol.